The molecule has 0 rings (SSSR count). The van der Waals surface area contributed by atoms with Gasteiger partial charge in [-0.3, -0.25) is 0 Å². The lowest BCUT2D eigenvalue weighted by Crippen LogP contribution is -2.28. The molecule has 0 fully saturated rings. The number of rotatable bonds is 10. The zero-order valence-electron chi connectivity index (χ0n) is 12.2. The SMILES string of the molecule is CCC(=CCNCCCCN(C)C(C)C)C(=O)O. The summed E-state index contributed by atoms with van der Waals surface area (Å²) in [6, 6.07) is 0.601. The fourth-order valence-corrected chi connectivity index (χ4v) is 1.55. The van der Waals surface area contributed by atoms with Crippen LogP contribution >= 0.6 is 0 Å². The Morgan fingerprint density at radius 1 is 1.39 bits per heavy atom. The number of unbranched alkanes of at least 4 members (excludes halogenated alkanes) is 1. The van der Waals surface area contributed by atoms with E-state index in [0.29, 0.717) is 24.6 Å². The van der Waals surface area contributed by atoms with E-state index in [0.717, 1.165) is 19.5 Å². The summed E-state index contributed by atoms with van der Waals surface area (Å²) in [7, 11) is 2.14. The van der Waals surface area contributed by atoms with Crippen LogP contribution in [0.25, 0.3) is 0 Å². The fraction of sp³-hybridized carbons (Fsp3) is 0.786. The van der Waals surface area contributed by atoms with Crippen LogP contribution in [0.15, 0.2) is 11.6 Å². The molecule has 0 radical (unpaired) electrons. The molecular weight excluding hydrogens is 228 g/mol. The van der Waals surface area contributed by atoms with Gasteiger partial charge in [0, 0.05) is 18.2 Å². The molecule has 0 saturated heterocycles. The van der Waals surface area contributed by atoms with Gasteiger partial charge in [-0.1, -0.05) is 13.0 Å². The van der Waals surface area contributed by atoms with Crippen molar-refractivity contribution >= 4 is 5.97 Å². The largest absolute Gasteiger partial charge is 0.478 e. The molecule has 4 nitrogen and oxygen atoms in total. The third-order valence-corrected chi connectivity index (χ3v) is 3.14. The standard InChI is InChI=1S/C14H28N2O2/c1-5-13(14(17)18)8-10-15-9-6-7-11-16(4)12(2)3/h8,12,15H,5-7,9-11H2,1-4H3,(H,17,18). The van der Waals surface area contributed by atoms with E-state index >= 15 is 0 Å². The highest BCUT2D eigenvalue weighted by Crippen LogP contribution is 1.99. The van der Waals surface area contributed by atoms with Crippen molar-refractivity contribution in [2.75, 3.05) is 26.7 Å². The van der Waals surface area contributed by atoms with Gasteiger partial charge in [0.25, 0.3) is 0 Å². The van der Waals surface area contributed by atoms with Crippen LogP contribution in [0.5, 0.6) is 0 Å². The van der Waals surface area contributed by atoms with Crippen molar-refractivity contribution in [1.82, 2.24) is 10.2 Å². The molecule has 0 aliphatic rings. The summed E-state index contributed by atoms with van der Waals surface area (Å²) in [4.78, 5) is 13.1. The lowest BCUT2D eigenvalue weighted by atomic mass is 10.2. The van der Waals surface area contributed by atoms with E-state index in [-0.39, 0.29) is 0 Å². The van der Waals surface area contributed by atoms with Crippen LogP contribution in [0.1, 0.15) is 40.0 Å². The van der Waals surface area contributed by atoms with Crippen molar-refractivity contribution in [3.05, 3.63) is 11.6 Å². The molecule has 106 valence electrons. The summed E-state index contributed by atoms with van der Waals surface area (Å²) in [5, 5.41) is 12.1. The molecule has 0 aromatic rings. The number of carboxylic acid groups (broad SMARTS) is 1. The average Bonchev–Trinajstić information content (AvgIpc) is 2.31. The Labute approximate surface area is 111 Å². The predicted octanol–water partition coefficient (Wildman–Crippen LogP) is 2.12. The highest BCUT2D eigenvalue weighted by Gasteiger charge is 2.03. The molecule has 2 N–H and O–H groups in total. The van der Waals surface area contributed by atoms with Crippen LogP contribution in [0.2, 0.25) is 0 Å². The molecule has 0 bridgehead atoms. The van der Waals surface area contributed by atoms with Gasteiger partial charge in [0.05, 0.1) is 0 Å². The molecular formula is C14H28N2O2. The maximum absolute atomic E-state index is 10.7. The van der Waals surface area contributed by atoms with Gasteiger partial charge >= 0.3 is 5.97 Å². The van der Waals surface area contributed by atoms with Crippen molar-refractivity contribution in [2.24, 2.45) is 0 Å². The van der Waals surface area contributed by atoms with E-state index in [1.54, 1.807) is 6.08 Å². The molecule has 0 saturated carbocycles. The number of aliphatic carboxylic acids is 1. The molecule has 0 aliphatic carbocycles. The van der Waals surface area contributed by atoms with Gasteiger partial charge in [-0.15, -0.1) is 0 Å². The quantitative estimate of drug-likeness (QED) is 0.464. The Kier molecular flexibility index (Phi) is 9.60. The number of nitrogens with one attached hydrogen (secondary N) is 1. The summed E-state index contributed by atoms with van der Waals surface area (Å²) in [5.41, 5.74) is 0.488. The van der Waals surface area contributed by atoms with Gasteiger partial charge < -0.3 is 15.3 Å². The van der Waals surface area contributed by atoms with Gasteiger partial charge in [-0.05, 0) is 53.2 Å². The highest BCUT2D eigenvalue weighted by atomic mass is 16.4. The monoisotopic (exact) mass is 256 g/mol. The van der Waals surface area contributed by atoms with E-state index in [1.807, 2.05) is 6.92 Å². The lowest BCUT2D eigenvalue weighted by Gasteiger charge is -2.20. The fourth-order valence-electron chi connectivity index (χ4n) is 1.55. The van der Waals surface area contributed by atoms with Crippen molar-refractivity contribution < 1.29 is 9.90 Å². The summed E-state index contributed by atoms with van der Waals surface area (Å²) < 4.78 is 0. The Balaban J connectivity index is 3.54. The first-order valence-electron chi connectivity index (χ1n) is 6.82. The van der Waals surface area contributed by atoms with Crippen LogP contribution in [-0.2, 0) is 4.79 Å². The molecule has 18 heavy (non-hydrogen) atoms. The van der Waals surface area contributed by atoms with Crippen LogP contribution in [0, 0.1) is 0 Å². The zero-order valence-corrected chi connectivity index (χ0v) is 12.2. The Hall–Kier alpha value is -0.870. The molecule has 0 aliphatic heterocycles. The Bertz CT molecular complexity index is 263. The minimum absolute atomic E-state index is 0.488. The van der Waals surface area contributed by atoms with Crippen molar-refractivity contribution in [2.45, 2.75) is 46.1 Å². The Morgan fingerprint density at radius 2 is 2.06 bits per heavy atom. The topological polar surface area (TPSA) is 52.6 Å². The van der Waals surface area contributed by atoms with E-state index < -0.39 is 5.97 Å². The van der Waals surface area contributed by atoms with Gasteiger partial charge in [-0.25, -0.2) is 4.79 Å². The first-order chi connectivity index (χ1) is 8.49. The number of nitrogens with zero attached hydrogens (tertiary/aromatic N) is 1. The molecule has 0 aromatic heterocycles. The highest BCUT2D eigenvalue weighted by molar-refractivity contribution is 5.86. The molecule has 4 heteroatoms. The average molecular weight is 256 g/mol. The minimum Gasteiger partial charge on any atom is -0.478 e. The van der Waals surface area contributed by atoms with Gasteiger partial charge in [0.2, 0.25) is 0 Å². The maximum Gasteiger partial charge on any atom is 0.331 e. The Morgan fingerprint density at radius 3 is 2.56 bits per heavy atom. The summed E-state index contributed by atoms with van der Waals surface area (Å²) in [6.45, 7) is 8.96. The number of hydrogen-bond donors (Lipinski definition) is 2. The van der Waals surface area contributed by atoms with Gasteiger partial charge in [0.1, 0.15) is 0 Å². The van der Waals surface area contributed by atoms with Crippen LogP contribution in [0.3, 0.4) is 0 Å². The van der Waals surface area contributed by atoms with E-state index in [4.69, 9.17) is 5.11 Å². The van der Waals surface area contributed by atoms with E-state index in [1.165, 1.54) is 6.42 Å². The zero-order chi connectivity index (χ0) is 14.0. The third kappa shape index (κ3) is 8.25. The molecule has 0 atom stereocenters. The van der Waals surface area contributed by atoms with Gasteiger partial charge in [0.15, 0.2) is 0 Å². The lowest BCUT2D eigenvalue weighted by molar-refractivity contribution is -0.132. The molecule has 0 aromatic carbocycles. The van der Waals surface area contributed by atoms with Gasteiger partial charge in [-0.2, -0.15) is 0 Å². The predicted molar refractivity (Wildman–Crippen MR) is 75.9 cm³/mol. The third-order valence-electron chi connectivity index (χ3n) is 3.14. The second-order valence-corrected chi connectivity index (χ2v) is 4.87. The second kappa shape index (κ2) is 10.1. The van der Waals surface area contributed by atoms with E-state index in [9.17, 15) is 4.79 Å². The summed E-state index contributed by atoms with van der Waals surface area (Å²) in [5.74, 6) is -0.808. The number of carboxylic acids is 1. The van der Waals surface area contributed by atoms with Crippen molar-refractivity contribution in [3.63, 3.8) is 0 Å². The second-order valence-electron chi connectivity index (χ2n) is 4.87. The molecule has 0 amide bonds. The normalized spacial score (nSPS) is 12.4. The summed E-state index contributed by atoms with van der Waals surface area (Å²) in [6.07, 6.45) is 4.64. The minimum atomic E-state index is -0.808. The smallest absolute Gasteiger partial charge is 0.331 e. The maximum atomic E-state index is 10.7. The van der Waals surface area contributed by atoms with Crippen LogP contribution < -0.4 is 5.32 Å². The van der Waals surface area contributed by atoms with Crippen molar-refractivity contribution in [3.8, 4) is 0 Å². The molecule has 0 unspecified atom stereocenters. The summed E-state index contributed by atoms with van der Waals surface area (Å²) >= 11 is 0. The molecule has 0 spiro atoms. The number of carbonyl (C=O) groups is 1. The van der Waals surface area contributed by atoms with Crippen molar-refractivity contribution in [1.29, 1.82) is 0 Å². The van der Waals surface area contributed by atoms with Crippen LogP contribution in [-0.4, -0.2) is 48.7 Å². The first-order valence-corrected chi connectivity index (χ1v) is 6.82. The number of hydrogen-bond acceptors (Lipinski definition) is 3. The van der Waals surface area contributed by atoms with Crippen LogP contribution in [0.4, 0.5) is 0 Å². The van der Waals surface area contributed by atoms with E-state index in [2.05, 4.69) is 31.1 Å². The first kappa shape index (κ1) is 17.1. The molecule has 0 heterocycles.